The molecule has 1 aliphatic rings. The number of piperazine rings is 1. The van der Waals surface area contributed by atoms with Crippen LogP contribution in [0.4, 0.5) is 10.5 Å². The van der Waals surface area contributed by atoms with Gasteiger partial charge in [0.1, 0.15) is 0 Å². The standard InChI is InChI=1S/C18H29N3O/c1-4-16-5-7-17(8-6-16)19-18(22)21-13-11-20(12-14-21)10-9-15(2)3/h5-8,15H,4,9-14H2,1-3H3,(H,19,22). The van der Waals surface area contributed by atoms with Crippen molar-refractivity contribution in [2.24, 2.45) is 5.92 Å². The topological polar surface area (TPSA) is 35.6 Å². The van der Waals surface area contributed by atoms with E-state index in [9.17, 15) is 4.79 Å². The highest BCUT2D eigenvalue weighted by Gasteiger charge is 2.20. The van der Waals surface area contributed by atoms with Crippen LogP contribution in [0.2, 0.25) is 0 Å². The number of anilines is 1. The Labute approximate surface area is 134 Å². The van der Waals surface area contributed by atoms with Gasteiger partial charge in [0, 0.05) is 31.9 Å². The van der Waals surface area contributed by atoms with Crippen LogP contribution in [0.1, 0.15) is 32.8 Å². The molecule has 1 saturated heterocycles. The van der Waals surface area contributed by atoms with E-state index < -0.39 is 0 Å². The lowest BCUT2D eigenvalue weighted by atomic mass is 10.1. The minimum atomic E-state index is 0.0211. The van der Waals surface area contributed by atoms with Crippen molar-refractivity contribution in [3.63, 3.8) is 0 Å². The van der Waals surface area contributed by atoms with Gasteiger partial charge in [-0.25, -0.2) is 4.79 Å². The van der Waals surface area contributed by atoms with Crippen molar-refractivity contribution in [3.05, 3.63) is 29.8 Å². The van der Waals surface area contributed by atoms with Crippen molar-refractivity contribution in [1.82, 2.24) is 9.80 Å². The van der Waals surface area contributed by atoms with Gasteiger partial charge in [-0.2, -0.15) is 0 Å². The molecule has 1 aliphatic heterocycles. The number of carbonyl (C=O) groups excluding carboxylic acids is 1. The molecule has 0 unspecified atom stereocenters. The first kappa shape index (κ1) is 16.8. The Morgan fingerprint density at radius 1 is 1.14 bits per heavy atom. The van der Waals surface area contributed by atoms with Gasteiger partial charge in [-0.3, -0.25) is 4.90 Å². The molecule has 4 heteroatoms. The van der Waals surface area contributed by atoms with E-state index in [1.54, 1.807) is 0 Å². The maximum absolute atomic E-state index is 12.3. The van der Waals surface area contributed by atoms with Crippen LogP contribution in [0.3, 0.4) is 0 Å². The highest BCUT2D eigenvalue weighted by Crippen LogP contribution is 2.12. The van der Waals surface area contributed by atoms with Crippen LogP contribution < -0.4 is 5.32 Å². The highest BCUT2D eigenvalue weighted by molar-refractivity contribution is 5.89. The summed E-state index contributed by atoms with van der Waals surface area (Å²) < 4.78 is 0. The molecule has 0 atom stereocenters. The van der Waals surface area contributed by atoms with E-state index in [-0.39, 0.29) is 6.03 Å². The minimum absolute atomic E-state index is 0.0211. The number of nitrogens with one attached hydrogen (secondary N) is 1. The zero-order chi connectivity index (χ0) is 15.9. The molecule has 4 nitrogen and oxygen atoms in total. The van der Waals surface area contributed by atoms with Crippen LogP contribution in [-0.4, -0.2) is 48.6 Å². The average Bonchev–Trinajstić information content (AvgIpc) is 2.54. The number of nitrogens with zero attached hydrogens (tertiary/aromatic N) is 2. The summed E-state index contributed by atoms with van der Waals surface area (Å²) in [6, 6.07) is 8.12. The lowest BCUT2D eigenvalue weighted by molar-refractivity contribution is 0.143. The monoisotopic (exact) mass is 303 g/mol. The van der Waals surface area contributed by atoms with Gasteiger partial charge < -0.3 is 10.2 Å². The second-order valence-corrected chi connectivity index (χ2v) is 6.49. The van der Waals surface area contributed by atoms with Crippen molar-refractivity contribution in [2.75, 3.05) is 38.0 Å². The van der Waals surface area contributed by atoms with Gasteiger partial charge in [0.15, 0.2) is 0 Å². The maximum atomic E-state index is 12.3. The number of urea groups is 1. The van der Waals surface area contributed by atoms with Crippen molar-refractivity contribution in [3.8, 4) is 0 Å². The smallest absolute Gasteiger partial charge is 0.321 e. The number of aryl methyl sites for hydroxylation is 1. The van der Waals surface area contributed by atoms with Gasteiger partial charge in [0.2, 0.25) is 0 Å². The Bertz CT molecular complexity index is 462. The molecule has 0 saturated carbocycles. The zero-order valence-corrected chi connectivity index (χ0v) is 14.1. The van der Waals surface area contributed by atoms with E-state index in [0.29, 0.717) is 0 Å². The Morgan fingerprint density at radius 2 is 1.77 bits per heavy atom. The molecule has 2 amide bonds. The number of amides is 2. The summed E-state index contributed by atoms with van der Waals surface area (Å²) in [6.45, 7) is 11.4. The summed E-state index contributed by atoms with van der Waals surface area (Å²) in [5, 5.41) is 3.00. The zero-order valence-electron chi connectivity index (χ0n) is 14.1. The van der Waals surface area contributed by atoms with E-state index in [0.717, 1.165) is 50.7 Å². The van der Waals surface area contributed by atoms with E-state index in [4.69, 9.17) is 0 Å². The third-order valence-corrected chi connectivity index (χ3v) is 4.30. The Hall–Kier alpha value is -1.55. The largest absolute Gasteiger partial charge is 0.322 e. The van der Waals surface area contributed by atoms with Crippen LogP contribution in [-0.2, 0) is 6.42 Å². The number of benzene rings is 1. The lowest BCUT2D eigenvalue weighted by Crippen LogP contribution is -2.50. The number of rotatable bonds is 5. The maximum Gasteiger partial charge on any atom is 0.321 e. The van der Waals surface area contributed by atoms with Crippen molar-refractivity contribution in [1.29, 1.82) is 0 Å². The molecule has 22 heavy (non-hydrogen) atoms. The molecular formula is C18H29N3O. The first-order chi connectivity index (χ1) is 10.6. The fourth-order valence-corrected chi connectivity index (χ4v) is 2.64. The molecule has 1 heterocycles. The summed E-state index contributed by atoms with van der Waals surface area (Å²) in [5.74, 6) is 0.743. The van der Waals surface area contributed by atoms with Crippen LogP contribution in [0.5, 0.6) is 0 Å². The van der Waals surface area contributed by atoms with Crippen molar-refractivity contribution in [2.45, 2.75) is 33.6 Å². The molecule has 1 aromatic carbocycles. The van der Waals surface area contributed by atoms with E-state index in [1.165, 1.54) is 12.0 Å². The van der Waals surface area contributed by atoms with Gasteiger partial charge in [0.25, 0.3) is 0 Å². The van der Waals surface area contributed by atoms with Crippen LogP contribution >= 0.6 is 0 Å². The molecule has 1 fully saturated rings. The molecule has 0 radical (unpaired) electrons. The van der Waals surface area contributed by atoms with Gasteiger partial charge in [-0.05, 0) is 43.0 Å². The summed E-state index contributed by atoms with van der Waals surface area (Å²) in [5.41, 5.74) is 2.17. The SMILES string of the molecule is CCc1ccc(NC(=O)N2CCN(CCC(C)C)CC2)cc1. The Morgan fingerprint density at radius 3 is 2.32 bits per heavy atom. The number of hydrogen-bond donors (Lipinski definition) is 1. The molecule has 1 aromatic rings. The van der Waals surface area contributed by atoms with Crippen LogP contribution in [0, 0.1) is 5.92 Å². The Balaban J connectivity index is 1.77. The minimum Gasteiger partial charge on any atom is -0.322 e. The fourth-order valence-electron chi connectivity index (χ4n) is 2.64. The number of hydrogen-bond acceptors (Lipinski definition) is 2. The molecule has 0 spiro atoms. The van der Waals surface area contributed by atoms with E-state index in [1.807, 2.05) is 17.0 Å². The third kappa shape index (κ3) is 5.02. The van der Waals surface area contributed by atoms with Crippen LogP contribution in [0.25, 0.3) is 0 Å². The second kappa shape index (κ2) is 8.18. The molecule has 0 bridgehead atoms. The first-order valence-corrected chi connectivity index (χ1v) is 8.45. The van der Waals surface area contributed by atoms with Gasteiger partial charge in [-0.15, -0.1) is 0 Å². The summed E-state index contributed by atoms with van der Waals surface area (Å²) in [6.07, 6.45) is 2.25. The molecule has 2 rings (SSSR count). The quantitative estimate of drug-likeness (QED) is 0.904. The van der Waals surface area contributed by atoms with Crippen molar-refractivity contribution >= 4 is 11.7 Å². The average molecular weight is 303 g/mol. The molecule has 1 N–H and O–H groups in total. The van der Waals surface area contributed by atoms with Gasteiger partial charge in [0.05, 0.1) is 0 Å². The normalized spacial score (nSPS) is 16.1. The molecule has 122 valence electrons. The molecular weight excluding hydrogens is 274 g/mol. The predicted molar refractivity (Wildman–Crippen MR) is 92.3 cm³/mol. The lowest BCUT2D eigenvalue weighted by Gasteiger charge is -2.35. The van der Waals surface area contributed by atoms with Gasteiger partial charge in [-0.1, -0.05) is 32.9 Å². The number of carbonyl (C=O) groups is 1. The van der Waals surface area contributed by atoms with Gasteiger partial charge >= 0.3 is 6.03 Å². The van der Waals surface area contributed by atoms with Crippen LogP contribution in [0.15, 0.2) is 24.3 Å². The molecule has 0 aromatic heterocycles. The first-order valence-electron chi connectivity index (χ1n) is 8.45. The summed E-state index contributed by atoms with van der Waals surface area (Å²) in [4.78, 5) is 16.7. The highest BCUT2D eigenvalue weighted by atomic mass is 16.2. The second-order valence-electron chi connectivity index (χ2n) is 6.49. The van der Waals surface area contributed by atoms with Crippen molar-refractivity contribution < 1.29 is 4.79 Å². The third-order valence-electron chi connectivity index (χ3n) is 4.30. The fraction of sp³-hybridized carbons (Fsp3) is 0.611. The molecule has 0 aliphatic carbocycles. The van der Waals surface area contributed by atoms with E-state index in [2.05, 4.69) is 43.1 Å². The summed E-state index contributed by atoms with van der Waals surface area (Å²) >= 11 is 0. The van der Waals surface area contributed by atoms with E-state index >= 15 is 0 Å². The Kier molecular flexibility index (Phi) is 6.25. The predicted octanol–water partition coefficient (Wildman–Crippen LogP) is 3.44. The summed E-state index contributed by atoms with van der Waals surface area (Å²) in [7, 11) is 0.